The van der Waals surface area contributed by atoms with E-state index in [9.17, 15) is 0 Å². The predicted molar refractivity (Wildman–Crippen MR) is 88.8 cm³/mol. The molecule has 0 unspecified atom stereocenters. The number of rotatable bonds is 4. The summed E-state index contributed by atoms with van der Waals surface area (Å²) in [6.07, 6.45) is 2.29. The van der Waals surface area contributed by atoms with E-state index in [1.165, 1.54) is 17.5 Å². The Morgan fingerprint density at radius 2 is 1.26 bits per heavy atom. The van der Waals surface area contributed by atoms with Crippen LogP contribution in [0.25, 0.3) is 11.1 Å². The molecular weight excluding hydrogens is 315 g/mol. The molecule has 0 aromatic heterocycles. The van der Waals surface area contributed by atoms with Crippen LogP contribution in [0.5, 0.6) is 0 Å². The van der Waals surface area contributed by atoms with Crippen molar-refractivity contribution in [3.8, 4) is 11.1 Å². The monoisotopic (exact) mass is 328 g/mol. The average molecular weight is 330 g/mol. The van der Waals surface area contributed by atoms with Crippen molar-refractivity contribution < 1.29 is 0 Å². The zero-order chi connectivity index (χ0) is 13.9. The van der Waals surface area contributed by atoms with Crippen molar-refractivity contribution in [1.82, 2.24) is 0 Å². The fourth-order valence-corrected chi connectivity index (χ4v) is 3.68. The van der Waals surface area contributed by atoms with Gasteiger partial charge in [-0.15, -0.1) is 33.2 Å². The first-order chi connectivity index (χ1) is 9.00. The van der Waals surface area contributed by atoms with E-state index in [2.05, 4.69) is 31.2 Å². The van der Waals surface area contributed by atoms with Gasteiger partial charge in [-0.2, -0.15) is 0 Å². The van der Waals surface area contributed by atoms with Crippen LogP contribution in [0, 0.1) is 0 Å². The van der Waals surface area contributed by atoms with Crippen LogP contribution in [-0.4, -0.2) is 6.00 Å². The van der Waals surface area contributed by atoms with E-state index in [0.29, 0.717) is 0 Å². The highest BCUT2D eigenvalue weighted by Gasteiger charge is 2.27. The standard InChI is InChI=1S/C15H15Cl3Si/c1-2-3-12-4-6-13(7-5-12)14-8-10-15(11-9-14)19(16,17)18/h4-11H,2-3H2,1H3. The Morgan fingerprint density at radius 3 is 1.68 bits per heavy atom. The third-order valence-electron chi connectivity index (χ3n) is 3.04. The molecule has 2 rings (SSSR count). The first kappa shape index (κ1) is 14.9. The number of hydrogen-bond donors (Lipinski definition) is 0. The number of aryl methyl sites for hydroxylation is 1. The molecule has 0 saturated heterocycles. The number of benzene rings is 2. The Hall–Kier alpha value is -0.473. The van der Waals surface area contributed by atoms with E-state index in [0.717, 1.165) is 17.2 Å². The Balaban J connectivity index is 2.22. The van der Waals surface area contributed by atoms with Crippen LogP contribution >= 0.6 is 33.2 Å². The lowest BCUT2D eigenvalue weighted by atomic mass is 10.0. The summed E-state index contributed by atoms with van der Waals surface area (Å²) in [5, 5.41) is 0.823. The molecule has 100 valence electrons. The lowest BCUT2D eigenvalue weighted by Crippen LogP contribution is -2.29. The van der Waals surface area contributed by atoms with Crippen LogP contribution in [0.1, 0.15) is 18.9 Å². The summed E-state index contributed by atoms with van der Waals surface area (Å²) < 4.78 is 0. The minimum absolute atomic E-state index is 0.823. The molecule has 2 aromatic carbocycles. The lowest BCUT2D eigenvalue weighted by Gasteiger charge is -2.09. The third kappa shape index (κ3) is 3.99. The molecule has 0 nitrogen and oxygen atoms in total. The summed E-state index contributed by atoms with van der Waals surface area (Å²) in [5.41, 5.74) is 3.71. The Morgan fingerprint density at radius 1 is 0.789 bits per heavy atom. The highest BCUT2D eigenvalue weighted by atomic mass is 35.8. The molecule has 0 aliphatic heterocycles. The quantitative estimate of drug-likeness (QED) is 0.536. The smallest absolute Gasteiger partial charge is 0.121 e. The second kappa shape index (κ2) is 6.32. The fraction of sp³-hybridized carbons (Fsp3) is 0.200. The minimum atomic E-state index is -2.76. The van der Waals surface area contributed by atoms with E-state index in [-0.39, 0.29) is 0 Å². The van der Waals surface area contributed by atoms with Gasteiger partial charge in [0.2, 0.25) is 0 Å². The van der Waals surface area contributed by atoms with E-state index in [4.69, 9.17) is 33.2 Å². The first-order valence-corrected chi connectivity index (χ1v) is 11.3. The highest BCUT2D eigenvalue weighted by Crippen LogP contribution is 2.23. The van der Waals surface area contributed by atoms with Crippen molar-refractivity contribution in [2.75, 3.05) is 0 Å². The van der Waals surface area contributed by atoms with Gasteiger partial charge in [0.1, 0.15) is 0 Å². The molecular formula is C15H15Cl3Si. The van der Waals surface area contributed by atoms with Crippen LogP contribution in [0.4, 0.5) is 0 Å². The molecule has 0 amide bonds. The average Bonchev–Trinajstić information content (AvgIpc) is 2.39. The first-order valence-electron chi connectivity index (χ1n) is 6.27. The summed E-state index contributed by atoms with van der Waals surface area (Å²) in [5.74, 6) is 0. The van der Waals surface area contributed by atoms with Gasteiger partial charge in [0, 0.05) is 0 Å². The molecule has 4 heteroatoms. The molecule has 0 N–H and O–H groups in total. The normalized spacial score (nSPS) is 11.6. The van der Waals surface area contributed by atoms with Gasteiger partial charge in [-0.3, -0.25) is 0 Å². The predicted octanol–water partition coefficient (Wildman–Crippen LogP) is 5.17. The number of hydrogen-bond acceptors (Lipinski definition) is 0. The molecule has 0 aliphatic carbocycles. The summed E-state index contributed by atoms with van der Waals surface area (Å²) in [6, 6.07) is 13.7. The molecule has 0 saturated carbocycles. The second-order valence-corrected chi connectivity index (χ2v) is 12.9. The summed E-state index contributed by atoms with van der Waals surface area (Å²) in [7, 11) is 0. The van der Waals surface area contributed by atoms with Crippen LogP contribution in [-0.2, 0) is 6.42 Å². The topological polar surface area (TPSA) is 0 Å². The van der Waals surface area contributed by atoms with Gasteiger partial charge in [-0.05, 0) is 28.3 Å². The minimum Gasteiger partial charge on any atom is -0.121 e. The molecule has 19 heavy (non-hydrogen) atoms. The molecule has 0 spiro atoms. The van der Waals surface area contributed by atoms with E-state index in [1.54, 1.807) is 0 Å². The molecule has 0 fully saturated rings. The Bertz CT molecular complexity index is 527. The lowest BCUT2D eigenvalue weighted by molar-refractivity contribution is 0.922. The zero-order valence-electron chi connectivity index (χ0n) is 10.7. The molecule has 0 radical (unpaired) electrons. The third-order valence-corrected chi connectivity index (χ3v) is 5.99. The van der Waals surface area contributed by atoms with Gasteiger partial charge in [0.15, 0.2) is 0 Å². The van der Waals surface area contributed by atoms with Crippen LogP contribution < -0.4 is 5.19 Å². The van der Waals surface area contributed by atoms with E-state index < -0.39 is 6.00 Å². The van der Waals surface area contributed by atoms with Crippen LogP contribution in [0.2, 0.25) is 0 Å². The molecule has 0 bridgehead atoms. The molecule has 0 aliphatic rings. The van der Waals surface area contributed by atoms with Crippen molar-refractivity contribution in [3.05, 3.63) is 54.1 Å². The molecule has 2 aromatic rings. The van der Waals surface area contributed by atoms with Crippen molar-refractivity contribution in [1.29, 1.82) is 0 Å². The summed E-state index contributed by atoms with van der Waals surface area (Å²) in [4.78, 5) is 0. The summed E-state index contributed by atoms with van der Waals surface area (Å²) >= 11 is 17.9. The summed E-state index contributed by atoms with van der Waals surface area (Å²) in [6.45, 7) is 2.19. The SMILES string of the molecule is CCCc1ccc(-c2ccc([Si](Cl)(Cl)Cl)cc2)cc1. The van der Waals surface area contributed by atoms with Crippen LogP contribution in [0.3, 0.4) is 0 Å². The maximum atomic E-state index is 5.98. The maximum Gasteiger partial charge on any atom is 0.372 e. The van der Waals surface area contributed by atoms with Gasteiger partial charge < -0.3 is 0 Å². The molecule has 0 heterocycles. The van der Waals surface area contributed by atoms with Crippen molar-refractivity contribution >= 4 is 44.4 Å². The van der Waals surface area contributed by atoms with Crippen molar-refractivity contribution in [2.24, 2.45) is 0 Å². The fourth-order valence-electron chi connectivity index (χ4n) is 2.00. The largest absolute Gasteiger partial charge is 0.372 e. The van der Waals surface area contributed by atoms with Crippen molar-refractivity contribution in [2.45, 2.75) is 19.8 Å². The van der Waals surface area contributed by atoms with Gasteiger partial charge >= 0.3 is 6.00 Å². The second-order valence-electron chi connectivity index (χ2n) is 4.52. The van der Waals surface area contributed by atoms with Gasteiger partial charge in [0.05, 0.1) is 0 Å². The zero-order valence-corrected chi connectivity index (χ0v) is 13.9. The van der Waals surface area contributed by atoms with Gasteiger partial charge in [-0.25, -0.2) is 0 Å². The molecule has 0 atom stereocenters. The Labute approximate surface area is 129 Å². The van der Waals surface area contributed by atoms with Crippen molar-refractivity contribution in [3.63, 3.8) is 0 Å². The maximum absolute atomic E-state index is 5.98. The number of halogens is 3. The van der Waals surface area contributed by atoms with E-state index in [1.807, 2.05) is 24.3 Å². The highest BCUT2D eigenvalue weighted by molar-refractivity contribution is 7.69. The Kier molecular flexibility index (Phi) is 4.96. The van der Waals surface area contributed by atoms with E-state index >= 15 is 0 Å². The van der Waals surface area contributed by atoms with Crippen LogP contribution in [0.15, 0.2) is 48.5 Å². The van der Waals surface area contributed by atoms with Gasteiger partial charge in [-0.1, -0.05) is 61.9 Å². The van der Waals surface area contributed by atoms with Gasteiger partial charge in [0.25, 0.3) is 0 Å².